The molecule has 24 heavy (non-hydrogen) atoms. The molecule has 0 saturated carbocycles. The van der Waals surface area contributed by atoms with Crippen molar-refractivity contribution in [2.24, 2.45) is 0 Å². The normalized spacial score (nSPS) is 18.4. The molecule has 0 unspecified atom stereocenters. The summed E-state index contributed by atoms with van der Waals surface area (Å²) in [4.78, 5) is 31.3. The van der Waals surface area contributed by atoms with Crippen molar-refractivity contribution in [1.82, 2.24) is 19.8 Å². The van der Waals surface area contributed by atoms with Crippen molar-refractivity contribution in [3.63, 3.8) is 0 Å². The molecule has 0 bridgehead atoms. The van der Waals surface area contributed by atoms with Gasteiger partial charge < -0.3 is 14.6 Å². The van der Waals surface area contributed by atoms with Gasteiger partial charge in [-0.3, -0.25) is 14.2 Å². The first-order chi connectivity index (χ1) is 11.6. The van der Waals surface area contributed by atoms with E-state index >= 15 is 0 Å². The van der Waals surface area contributed by atoms with E-state index in [4.69, 9.17) is 4.42 Å². The third kappa shape index (κ3) is 2.37. The number of carbonyl (C=O) groups is 1. The average molecular weight is 326 g/mol. The molecule has 1 fully saturated rings. The lowest BCUT2D eigenvalue weighted by Crippen LogP contribution is -2.53. The van der Waals surface area contributed by atoms with Crippen LogP contribution in [-0.2, 0) is 11.3 Å². The Bertz CT molecular complexity index is 975. The highest BCUT2D eigenvalue weighted by molar-refractivity contribution is 6.01. The van der Waals surface area contributed by atoms with Gasteiger partial charge in [-0.15, -0.1) is 0 Å². The van der Waals surface area contributed by atoms with Crippen LogP contribution >= 0.6 is 0 Å². The Hall–Kier alpha value is -2.67. The predicted molar refractivity (Wildman–Crippen MR) is 89.8 cm³/mol. The van der Waals surface area contributed by atoms with Crippen LogP contribution < -0.4 is 10.9 Å². The maximum atomic E-state index is 12.6. The van der Waals surface area contributed by atoms with E-state index in [-0.39, 0.29) is 29.6 Å². The molecule has 124 valence electrons. The highest BCUT2D eigenvalue weighted by Crippen LogP contribution is 2.24. The van der Waals surface area contributed by atoms with Crippen LogP contribution in [0.2, 0.25) is 0 Å². The molecule has 3 heterocycles. The number of fused-ring (bicyclic) bond motifs is 3. The van der Waals surface area contributed by atoms with Gasteiger partial charge in [-0.05, 0) is 19.1 Å². The molecule has 1 amide bonds. The van der Waals surface area contributed by atoms with E-state index in [1.807, 2.05) is 25.1 Å². The van der Waals surface area contributed by atoms with Crippen molar-refractivity contribution < 1.29 is 9.21 Å². The van der Waals surface area contributed by atoms with Crippen molar-refractivity contribution in [2.75, 3.05) is 19.6 Å². The molecule has 3 aromatic rings. The number of nitrogens with one attached hydrogen (secondary N) is 1. The van der Waals surface area contributed by atoms with Gasteiger partial charge in [-0.25, -0.2) is 4.98 Å². The molecule has 1 atom stereocenters. The van der Waals surface area contributed by atoms with Crippen LogP contribution in [0.25, 0.3) is 22.1 Å². The van der Waals surface area contributed by atoms with Crippen LogP contribution in [-0.4, -0.2) is 46.0 Å². The number of hydrogen-bond acceptors (Lipinski definition) is 5. The van der Waals surface area contributed by atoms with Gasteiger partial charge in [0.15, 0.2) is 0 Å². The molecule has 4 rings (SSSR count). The first-order valence-corrected chi connectivity index (χ1v) is 8.02. The number of aromatic nitrogens is 2. The number of amides is 1. The molecule has 1 N–H and O–H groups in total. The van der Waals surface area contributed by atoms with E-state index in [1.165, 1.54) is 10.9 Å². The molecule has 1 saturated heterocycles. The Morgan fingerprint density at radius 3 is 3.08 bits per heavy atom. The summed E-state index contributed by atoms with van der Waals surface area (Å²) in [6.07, 6.45) is 1.43. The lowest BCUT2D eigenvalue weighted by atomic mass is 10.2. The lowest BCUT2D eigenvalue weighted by Gasteiger charge is -2.34. The summed E-state index contributed by atoms with van der Waals surface area (Å²) in [6, 6.07) is 7.50. The van der Waals surface area contributed by atoms with Crippen LogP contribution in [0.3, 0.4) is 0 Å². The summed E-state index contributed by atoms with van der Waals surface area (Å²) in [5.41, 5.74) is 1.03. The Morgan fingerprint density at radius 1 is 1.42 bits per heavy atom. The number of nitrogens with zero attached hydrogens (tertiary/aromatic N) is 3. The van der Waals surface area contributed by atoms with Gasteiger partial charge in [0, 0.05) is 31.1 Å². The summed E-state index contributed by atoms with van der Waals surface area (Å²) in [5, 5.41) is 4.05. The minimum absolute atomic E-state index is 0.0246. The summed E-state index contributed by atoms with van der Waals surface area (Å²) >= 11 is 0. The minimum atomic E-state index is -0.327. The second kappa shape index (κ2) is 5.76. The van der Waals surface area contributed by atoms with E-state index in [1.54, 1.807) is 11.0 Å². The van der Waals surface area contributed by atoms with Crippen molar-refractivity contribution in [1.29, 1.82) is 0 Å². The summed E-state index contributed by atoms with van der Waals surface area (Å²) < 4.78 is 6.96. The SMILES string of the molecule is C[C@H]1CNCCN1C(=O)Cn1cnc2c(oc3ccccc32)c1=O. The molecule has 7 nitrogen and oxygen atoms in total. The van der Waals surface area contributed by atoms with Gasteiger partial charge in [-0.1, -0.05) is 12.1 Å². The fraction of sp³-hybridized carbons (Fsp3) is 0.353. The molecule has 1 aliphatic rings. The van der Waals surface area contributed by atoms with E-state index < -0.39 is 0 Å². The molecule has 1 aromatic carbocycles. The molecule has 0 spiro atoms. The van der Waals surface area contributed by atoms with Gasteiger partial charge in [0.1, 0.15) is 17.6 Å². The third-order valence-electron chi connectivity index (χ3n) is 4.48. The first-order valence-electron chi connectivity index (χ1n) is 8.02. The number of para-hydroxylation sites is 1. The second-order valence-electron chi connectivity index (χ2n) is 6.09. The maximum Gasteiger partial charge on any atom is 0.297 e. The molecule has 0 aliphatic carbocycles. The number of rotatable bonds is 2. The van der Waals surface area contributed by atoms with Gasteiger partial charge in [0.05, 0.1) is 6.33 Å². The average Bonchev–Trinajstić information content (AvgIpc) is 2.97. The zero-order valence-corrected chi connectivity index (χ0v) is 13.4. The Kier molecular flexibility index (Phi) is 3.57. The first kappa shape index (κ1) is 14.9. The summed E-state index contributed by atoms with van der Waals surface area (Å²) in [6.45, 7) is 4.15. The second-order valence-corrected chi connectivity index (χ2v) is 6.09. The third-order valence-corrected chi connectivity index (χ3v) is 4.48. The predicted octanol–water partition coefficient (Wildman–Crippen LogP) is 0.963. The zero-order valence-electron chi connectivity index (χ0n) is 13.4. The Labute approximate surface area is 137 Å². The fourth-order valence-electron chi connectivity index (χ4n) is 3.18. The van der Waals surface area contributed by atoms with Crippen LogP contribution in [0, 0.1) is 0 Å². The van der Waals surface area contributed by atoms with Crippen molar-refractivity contribution in [3.8, 4) is 0 Å². The van der Waals surface area contributed by atoms with Crippen molar-refractivity contribution in [2.45, 2.75) is 19.5 Å². The number of carbonyl (C=O) groups excluding carboxylic acids is 1. The molecule has 0 radical (unpaired) electrons. The van der Waals surface area contributed by atoms with Crippen molar-refractivity contribution >= 4 is 28.0 Å². The van der Waals surface area contributed by atoms with Crippen LogP contribution in [0.5, 0.6) is 0 Å². The van der Waals surface area contributed by atoms with Crippen LogP contribution in [0.4, 0.5) is 0 Å². The van der Waals surface area contributed by atoms with Gasteiger partial charge in [-0.2, -0.15) is 0 Å². The summed E-state index contributed by atoms with van der Waals surface area (Å²) in [5.74, 6) is -0.0802. The van der Waals surface area contributed by atoms with Crippen LogP contribution in [0.1, 0.15) is 6.92 Å². The summed E-state index contributed by atoms with van der Waals surface area (Å²) in [7, 11) is 0. The highest BCUT2D eigenvalue weighted by atomic mass is 16.3. The molecular weight excluding hydrogens is 308 g/mol. The van der Waals surface area contributed by atoms with E-state index in [9.17, 15) is 9.59 Å². The zero-order chi connectivity index (χ0) is 16.7. The molecule has 2 aromatic heterocycles. The van der Waals surface area contributed by atoms with E-state index in [2.05, 4.69) is 10.3 Å². The van der Waals surface area contributed by atoms with Gasteiger partial charge in [0.2, 0.25) is 11.5 Å². The topological polar surface area (TPSA) is 80.4 Å². The standard InChI is InChI=1S/C17H18N4O3/c1-11-8-18-6-7-21(11)14(22)9-20-10-19-15-12-4-2-3-5-13(12)24-16(15)17(20)23/h2-5,10-11,18H,6-9H2,1H3/t11-/m0/s1. The maximum absolute atomic E-state index is 12.6. The quantitative estimate of drug-likeness (QED) is 0.759. The number of hydrogen-bond donors (Lipinski definition) is 1. The molecule has 1 aliphatic heterocycles. The van der Waals surface area contributed by atoms with Gasteiger partial charge >= 0.3 is 0 Å². The van der Waals surface area contributed by atoms with E-state index in [0.29, 0.717) is 17.6 Å². The van der Waals surface area contributed by atoms with Gasteiger partial charge in [0.25, 0.3) is 5.56 Å². The lowest BCUT2D eigenvalue weighted by molar-refractivity contribution is -0.134. The highest BCUT2D eigenvalue weighted by Gasteiger charge is 2.24. The van der Waals surface area contributed by atoms with Crippen molar-refractivity contribution in [3.05, 3.63) is 40.9 Å². The number of benzene rings is 1. The minimum Gasteiger partial charge on any atom is -0.448 e. The molecular formula is C17H18N4O3. The fourth-order valence-corrected chi connectivity index (χ4v) is 3.18. The number of furan rings is 1. The Balaban J connectivity index is 1.70. The monoisotopic (exact) mass is 326 g/mol. The largest absolute Gasteiger partial charge is 0.448 e. The van der Waals surface area contributed by atoms with E-state index in [0.717, 1.165) is 18.5 Å². The van der Waals surface area contributed by atoms with Crippen LogP contribution in [0.15, 0.2) is 39.8 Å². The molecule has 7 heteroatoms. The smallest absolute Gasteiger partial charge is 0.297 e. The Morgan fingerprint density at radius 2 is 2.25 bits per heavy atom. The number of piperazine rings is 1.